The van der Waals surface area contributed by atoms with Crippen molar-refractivity contribution in [2.45, 2.75) is 6.92 Å². The maximum atomic E-state index is 13.2. The molecule has 0 bridgehead atoms. The van der Waals surface area contributed by atoms with Gasteiger partial charge in [0, 0.05) is 11.4 Å². The summed E-state index contributed by atoms with van der Waals surface area (Å²) in [5.41, 5.74) is 2.87. The van der Waals surface area contributed by atoms with Crippen molar-refractivity contribution in [3.63, 3.8) is 0 Å². The number of hydrogen-bond donors (Lipinski definition) is 1. The minimum atomic E-state index is -0.274. The van der Waals surface area contributed by atoms with Crippen molar-refractivity contribution >= 4 is 11.4 Å². The Kier molecular flexibility index (Phi) is 3.06. The van der Waals surface area contributed by atoms with Gasteiger partial charge in [-0.05, 0) is 48.9 Å². The van der Waals surface area contributed by atoms with Crippen molar-refractivity contribution in [2.75, 3.05) is 5.32 Å². The maximum absolute atomic E-state index is 13.2. The van der Waals surface area contributed by atoms with Crippen LogP contribution in [0.2, 0.25) is 0 Å². The van der Waals surface area contributed by atoms with Gasteiger partial charge in [-0.3, -0.25) is 0 Å². The molecule has 2 aromatic carbocycles. The lowest BCUT2D eigenvalue weighted by molar-refractivity contribution is 0.627. The predicted octanol–water partition coefficient (Wildman–Crippen LogP) is 3.75. The van der Waals surface area contributed by atoms with E-state index in [1.165, 1.54) is 12.1 Å². The van der Waals surface area contributed by atoms with Crippen LogP contribution in [-0.2, 0) is 0 Å². The molecule has 3 heteroatoms. The smallest absolute Gasteiger partial charge is 0.125 e. The van der Waals surface area contributed by atoms with Gasteiger partial charge in [0.1, 0.15) is 5.82 Å². The molecule has 0 aliphatic heterocycles. The maximum Gasteiger partial charge on any atom is 0.125 e. The van der Waals surface area contributed by atoms with E-state index in [1.54, 1.807) is 18.2 Å². The molecule has 84 valence electrons. The zero-order valence-electron chi connectivity index (χ0n) is 9.37. The van der Waals surface area contributed by atoms with Gasteiger partial charge < -0.3 is 5.32 Å². The molecular weight excluding hydrogens is 215 g/mol. The van der Waals surface area contributed by atoms with E-state index in [-0.39, 0.29) is 5.82 Å². The average Bonchev–Trinajstić information content (AvgIpc) is 2.28. The Labute approximate surface area is 99.3 Å². The van der Waals surface area contributed by atoms with Gasteiger partial charge in [0.25, 0.3) is 0 Å². The second kappa shape index (κ2) is 4.67. The second-order valence-corrected chi connectivity index (χ2v) is 3.83. The van der Waals surface area contributed by atoms with E-state index in [1.807, 2.05) is 19.1 Å². The molecule has 0 fully saturated rings. The summed E-state index contributed by atoms with van der Waals surface area (Å²) in [5, 5.41) is 11.8. The fourth-order valence-electron chi connectivity index (χ4n) is 1.64. The Bertz CT molecular complexity index is 565. The summed E-state index contributed by atoms with van der Waals surface area (Å²) >= 11 is 0. The summed E-state index contributed by atoms with van der Waals surface area (Å²) in [5.74, 6) is -0.274. The van der Waals surface area contributed by atoms with Gasteiger partial charge in [0.05, 0.1) is 11.6 Å². The zero-order valence-corrected chi connectivity index (χ0v) is 9.37. The van der Waals surface area contributed by atoms with Crippen molar-refractivity contribution in [2.24, 2.45) is 0 Å². The van der Waals surface area contributed by atoms with Crippen molar-refractivity contribution in [3.8, 4) is 6.07 Å². The van der Waals surface area contributed by atoms with Crippen LogP contribution in [0.4, 0.5) is 15.8 Å². The fraction of sp³-hybridized carbons (Fsp3) is 0.0714. The van der Waals surface area contributed by atoms with Gasteiger partial charge in [0.15, 0.2) is 0 Å². The van der Waals surface area contributed by atoms with Crippen LogP contribution in [0.5, 0.6) is 0 Å². The quantitative estimate of drug-likeness (QED) is 0.846. The molecule has 2 nitrogen and oxygen atoms in total. The van der Waals surface area contributed by atoms with Crippen molar-refractivity contribution in [1.29, 1.82) is 5.26 Å². The Hall–Kier alpha value is -2.34. The van der Waals surface area contributed by atoms with Gasteiger partial charge in [0.2, 0.25) is 0 Å². The molecule has 0 unspecified atom stereocenters. The van der Waals surface area contributed by atoms with E-state index < -0.39 is 0 Å². The highest BCUT2D eigenvalue weighted by atomic mass is 19.1. The Balaban J connectivity index is 2.28. The summed E-state index contributed by atoms with van der Waals surface area (Å²) in [6.07, 6.45) is 0. The van der Waals surface area contributed by atoms with Gasteiger partial charge in [-0.25, -0.2) is 4.39 Å². The topological polar surface area (TPSA) is 35.8 Å². The molecule has 0 saturated carbocycles. The third-order valence-electron chi connectivity index (χ3n) is 2.32. The highest BCUT2D eigenvalue weighted by Crippen LogP contribution is 2.19. The molecule has 17 heavy (non-hydrogen) atoms. The van der Waals surface area contributed by atoms with E-state index in [0.717, 1.165) is 11.3 Å². The lowest BCUT2D eigenvalue weighted by atomic mass is 10.2. The summed E-state index contributed by atoms with van der Waals surface area (Å²) in [4.78, 5) is 0. The number of nitriles is 1. The van der Waals surface area contributed by atoms with E-state index in [9.17, 15) is 4.39 Å². The molecule has 0 atom stereocenters. The normalized spacial score (nSPS) is 9.71. The lowest BCUT2D eigenvalue weighted by Gasteiger charge is -2.07. The number of nitrogens with zero attached hydrogens (tertiary/aromatic N) is 1. The highest BCUT2D eigenvalue weighted by molar-refractivity contribution is 5.61. The number of rotatable bonds is 2. The summed E-state index contributed by atoms with van der Waals surface area (Å²) < 4.78 is 13.2. The van der Waals surface area contributed by atoms with Crippen LogP contribution in [0.15, 0.2) is 42.5 Å². The zero-order chi connectivity index (χ0) is 12.3. The average molecular weight is 226 g/mol. The van der Waals surface area contributed by atoms with E-state index in [2.05, 4.69) is 11.4 Å². The highest BCUT2D eigenvalue weighted by Gasteiger charge is 1.99. The number of halogens is 1. The van der Waals surface area contributed by atoms with E-state index >= 15 is 0 Å². The van der Waals surface area contributed by atoms with Crippen molar-refractivity contribution in [1.82, 2.24) is 0 Å². The number of nitrogens with one attached hydrogen (secondary N) is 1. The molecular formula is C14H11FN2. The molecule has 0 aromatic heterocycles. The standard InChI is InChI=1S/C14H11FN2/c1-10-5-12(15)8-14(6-10)17-13-4-2-3-11(7-13)9-16/h2-8,17H,1H3. The first kappa shape index (κ1) is 11.2. The Morgan fingerprint density at radius 1 is 1.12 bits per heavy atom. The van der Waals surface area contributed by atoms with Gasteiger partial charge in [-0.2, -0.15) is 5.26 Å². The molecule has 0 spiro atoms. The van der Waals surface area contributed by atoms with Gasteiger partial charge in [-0.1, -0.05) is 6.07 Å². The van der Waals surface area contributed by atoms with E-state index in [4.69, 9.17) is 5.26 Å². The fourth-order valence-corrected chi connectivity index (χ4v) is 1.64. The third-order valence-corrected chi connectivity index (χ3v) is 2.32. The Morgan fingerprint density at radius 2 is 1.94 bits per heavy atom. The molecule has 1 N–H and O–H groups in total. The summed E-state index contributed by atoms with van der Waals surface area (Å²) in [7, 11) is 0. The van der Waals surface area contributed by atoms with Gasteiger partial charge >= 0.3 is 0 Å². The second-order valence-electron chi connectivity index (χ2n) is 3.83. The van der Waals surface area contributed by atoms with Crippen molar-refractivity contribution in [3.05, 3.63) is 59.4 Å². The minimum absolute atomic E-state index is 0.274. The third kappa shape index (κ3) is 2.82. The molecule has 2 rings (SSSR count). The summed E-state index contributed by atoms with van der Waals surface area (Å²) in [6, 6.07) is 13.9. The molecule has 0 heterocycles. The predicted molar refractivity (Wildman–Crippen MR) is 65.6 cm³/mol. The molecule has 0 radical (unpaired) electrons. The first-order chi connectivity index (χ1) is 8.17. The SMILES string of the molecule is Cc1cc(F)cc(Nc2cccc(C#N)c2)c1. The summed E-state index contributed by atoms with van der Waals surface area (Å²) in [6.45, 7) is 1.83. The van der Waals surface area contributed by atoms with E-state index in [0.29, 0.717) is 11.3 Å². The van der Waals surface area contributed by atoms with Crippen LogP contribution < -0.4 is 5.32 Å². The van der Waals surface area contributed by atoms with Crippen LogP contribution in [0, 0.1) is 24.1 Å². The number of aryl methyl sites for hydroxylation is 1. The number of anilines is 2. The first-order valence-electron chi connectivity index (χ1n) is 5.22. The monoisotopic (exact) mass is 226 g/mol. The molecule has 0 aliphatic carbocycles. The van der Waals surface area contributed by atoms with Crippen LogP contribution in [0.1, 0.15) is 11.1 Å². The van der Waals surface area contributed by atoms with Crippen molar-refractivity contribution < 1.29 is 4.39 Å². The first-order valence-corrected chi connectivity index (χ1v) is 5.22. The largest absolute Gasteiger partial charge is 0.355 e. The lowest BCUT2D eigenvalue weighted by Crippen LogP contribution is -1.92. The molecule has 0 amide bonds. The molecule has 0 saturated heterocycles. The van der Waals surface area contributed by atoms with Crippen LogP contribution in [0.25, 0.3) is 0 Å². The number of benzene rings is 2. The minimum Gasteiger partial charge on any atom is -0.355 e. The molecule has 2 aromatic rings. The Morgan fingerprint density at radius 3 is 2.65 bits per heavy atom. The van der Waals surface area contributed by atoms with Crippen LogP contribution in [0.3, 0.4) is 0 Å². The van der Waals surface area contributed by atoms with Gasteiger partial charge in [-0.15, -0.1) is 0 Å². The van der Waals surface area contributed by atoms with Crippen LogP contribution >= 0.6 is 0 Å². The molecule has 0 aliphatic rings. The number of hydrogen-bond acceptors (Lipinski definition) is 2. The van der Waals surface area contributed by atoms with Crippen LogP contribution in [-0.4, -0.2) is 0 Å².